The average Bonchev–Trinajstić information content (AvgIpc) is 3.23. The van der Waals surface area contributed by atoms with E-state index in [9.17, 15) is 0 Å². The van der Waals surface area contributed by atoms with Crippen LogP contribution in [0.4, 0.5) is 0 Å². The van der Waals surface area contributed by atoms with Crippen LogP contribution in [0.2, 0.25) is 0 Å². The largest absolute Gasteiger partial charge is 0.301 e. The molecule has 0 spiro atoms. The van der Waals surface area contributed by atoms with Crippen LogP contribution < -0.4 is 0 Å². The molecule has 30 heavy (non-hydrogen) atoms. The Morgan fingerprint density at radius 1 is 0.700 bits per heavy atom. The number of aryl methyl sites for hydroxylation is 1. The van der Waals surface area contributed by atoms with E-state index in [1.54, 1.807) is 11.8 Å². The zero-order valence-electron chi connectivity index (χ0n) is 16.9. The lowest BCUT2D eigenvalue weighted by Crippen LogP contribution is -1.98. The first-order chi connectivity index (χ1) is 14.7. The third kappa shape index (κ3) is 3.40. The Kier molecular flexibility index (Phi) is 4.85. The molecular weight excluding hydrogens is 386 g/mol. The molecule has 4 heteroatoms. The molecule has 0 N–H and O–H groups in total. The summed E-state index contributed by atoms with van der Waals surface area (Å²) in [4.78, 5) is 9.67. The summed E-state index contributed by atoms with van der Waals surface area (Å²) in [5, 5.41) is 1.83. The Labute approximate surface area is 180 Å². The Bertz CT molecular complexity index is 1300. The van der Waals surface area contributed by atoms with Crippen LogP contribution in [0.3, 0.4) is 0 Å². The average molecular weight is 408 g/mol. The molecule has 0 fully saturated rings. The van der Waals surface area contributed by atoms with Gasteiger partial charge in [0.2, 0.25) is 0 Å². The maximum absolute atomic E-state index is 4.85. The van der Waals surface area contributed by atoms with Crippen molar-refractivity contribution in [1.29, 1.82) is 0 Å². The van der Waals surface area contributed by atoms with Gasteiger partial charge in [-0.25, -0.2) is 9.97 Å². The van der Waals surface area contributed by atoms with Crippen LogP contribution >= 0.6 is 11.8 Å². The molecule has 0 saturated heterocycles. The molecule has 0 bridgehead atoms. The standard InChI is InChI=1S/C26H21N3S/c1-18-8-14-22(15-9-18)29-17-16-23-24(27-26(30-2)28-25(23)29)21-12-10-20(11-13-21)19-6-4-3-5-7-19/h3-17H,1-2H3. The van der Waals surface area contributed by atoms with Crippen LogP contribution in [0.15, 0.2) is 96.3 Å². The fourth-order valence-corrected chi connectivity index (χ4v) is 4.03. The highest BCUT2D eigenvalue weighted by Crippen LogP contribution is 2.31. The van der Waals surface area contributed by atoms with Gasteiger partial charge in [-0.2, -0.15) is 0 Å². The van der Waals surface area contributed by atoms with Crippen LogP contribution in [0.25, 0.3) is 39.1 Å². The Morgan fingerprint density at radius 2 is 1.37 bits per heavy atom. The Hall–Kier alpha value is -3.37. The zero-order chi connectivity index (χ0) is 20.5. The molecule has 0 atom stereocenters. The van der Waals surface area contributed by atoms with Gasteiger partial charge in [0.25, 0.3) is 0 Å². The SMILES string of the molecule is CSc1nc(-c2ccc(-c3ccccc3)cc2)c2ccn(-c3ccc(C)cc3)c2n1. The molecule has 146 valence electrons. The summed E-state index contributed by atoms with van der Waals surface area (Å²) in [5.41, 5.74) is 7.76. The molecule has 5 aromatic rings. The molecular formula is C26H21N3S. The molecule has 0 aliphatic rings. The van der Waals surface area contributed by atoms with Gasteiger partial charge in [-0.05, 0) is 42.5 Å². The van der Waals surface area contributed by atoms with Crippen molar-refractivity contribution in [2.45, 2.75) is 12.1 Å². The minimum Gasteiger partial charge on any atom is -0.301 e. The van der Waals surface area contributed by atoms with Gasteiger partial charge in [-0.1, -0.05) is 84.1 Å². The molecule has 0 aliphatic heterocycles. The summed E-state index contributed by atoms with van der Waals surface area (Å²) >= 11 is 1.57. The number of aromatic nitrogens is 3. The maximum Gasteiger partial charge on any atom is 0.189 e. The zero-order valence-corrected chi connectivity index (χ0v) is 17.7. The molecule has 0 unspecified atom stereocenters. The van der Waals surface area contributed by atoms with Gasteiger partial charge >= 0.3 is 0 Å². The topological polar surface area (TPSA) is 30.7 Å². The molecule has 2 aromatic heterocycles. The summed E-state index contributed by atoms with van der Waals surface area (Å²) in [7, 11) is 0. The summed E-state index contributed by atoms with van der Waals surface area (Å²) in [6.45, 7) is 2.10. The second-order valence-electron chi connectivity index (χ2n) is 7.26. The van der Waals surface area contributed by atoms with E-state index in [-0.39, 0.29) is 0 Å². The molecule has 0 amide bonds. The molecule has 0 radical (unpaired) electrons. The van der Waals surface area contributed by atoms with E-state index >= 15 is 0 Å². The van der Waals surface area contributed by atoms with E-state index in [1.165, 1.54) is 16.7 Å². The van der Waals surface area contributed by atoms with Crippen molar-refractivity contribution >= 4 is 22.8 Å². The molecule has 5 rings (SSSR count). The highest BCUT2D eigenvalue weighted by molar-refractivity contribution is 7.98. The number of nitrogens with zero attached hydrogens (tertiary/aromatic N) is 3. The lowest BCUT2D eigenvalue weighted by atomic mass is 10.0. The van der Waals surface area contributed by atoms with Crippen molar-refractivity contribution in [3.8, 4) is 28.1 Å². The van der Waals surface area contributed by atoms with Crippen molar-refractivity contribution < 1.29 is 0 Å². The maximum atomic E-state index is 4.85. The van der Waals surface area contributed by atoms with Gasteiger partial charge in [0.1, 0.15) is 5.65 Å². The molecule has 3 aromatic carbocycles. The number of rotatable bonds is 4. The molecule has 0 aliphatic carbocycles. The fraction of sp³-hybridized carbons (Fsp3) is 0.0769. The van der Waals surface area contributed by atoms with Crippen LogP contribution in [-0.4, -0.2) is 20.8 Å². The minimum absolute atomic E-state index is 0.775. The van der Waals surface area contributed by atoms with Gasteiger partial charge in [0, 0.05) is 22.8 Å². The first-order valence-electron chi connectivity index (χ1n) is 9.89. The Balaban J connectivity index is 1.63. The van der Waals surface area contributed by atoms with Gasteiger partial charge in [-0.3, -0.25) is 0 Å². The third-order valence-corrected chi connectivity index (χ3v) is 5.83. The summed E-state index contributed by atoms with van der Waals surface area (Å²) in [5.74, 6) is 0. The lowest BCUT2D eigenvalue weighted by Gasteiger charge is -2.09. The van der Waals surface area contributed by atoms with Gasteiger partial charge in [-0.15, -0.1) is 0 Å². The van der Waals surface area contributed by atoms with E-state index in [4.69, 9.17) is 9.97 Å². The highest BCUT2D eigenvalue weighted by Gasteiger charge is 2.14. The fourth-order valence-electron chi connectivity index (χ4n) is 3.67. The van der Waals surface area contributed by atoms with E-state index < -0.39 is 0 Å². The summed E-state index contributed by atoms with van der Waals surface area (Å²) in [6.07, 6.45) is 4.10. The number of thioether (sulfide) groups is 1. The van der Waals surface area contributed by atoms with Gasteiger partial charge < -0.3 is 4.57 Å². The smallest absolute Gasteiger partial charge is 0.189 e. The van der Waals surface area contributed by atoms with Crippen molar-refractivity contribution in [2.24, 2.45) is 0 Å². The van der Waals surface area contributed by atoms with E-state index in [2.05, 4.69) is 96.6 Å². The van der Waals surface area contributed by atoms with Gasteiger partial charge in [0.15, 0.2) is 5.16 Å². The van der Waals surface area contributed by atoms with Crippen molar-refractivity contribution in [3.05, 3.63) is 96.7 Å². The predicted octanol–water partition coefficient (Wildman–Crippen LogP) is 6.78. The van der Waals surface area contributed by atoms with Crippen LogP contribution in [0.1, 0.15) is 5.56 Å². The molecule has 3 nitrogen and oxygen atoms in total. The first kappa shape index (κ1) is 18.6. The quantitative estimate of drug-likeness (QED) is 0.243. The second kappa shape index (κ2) is 7.81. The van der Waals surface area contributed by atoms with E-state index in [0.717, 1.165) is 33.1 Å². The molecule has 2 heterocycles. The number of benzene rings is 3. The highest BCUT2D eigenvalue weighted by atomic mass is 32.2. The van der Waals surface area contributed by atoms with Crippen molar-refractivity contribution in [1.82, 2.24) is 14.5 Å². The number of hydrogen-bond acceptors (Lipinski definition) is 3. The summed E-state index contributed by atoms with van der Waals surface area (Å²) < 4.78 is 2.14. The molecule has 0 saturated carbocycles. The van der Waals surface area contributed by atoms with E-state index in [1.807, 2.05) is 12.3 Å². The second-order valence-corrected chi connectivity index (χ2v) is 8.03. The first-order valence-corrected chi connectivity index (χ1v) is 11.1. The van der Waals surface area contributed by atoms with Crippen LogP contribution in [-0.2, 0) is 0 Å². The lowest BCUT2D eigenvalue weighted by molar-refractivity contribution is 0.974. The predicted molar refractivity (Wildman–Crippen MR) is 126 cm³/mol. The van der Waals surface area contributed by atoms with Gasteiger partial charge in [0.05, 0.1) is 5.69 Å². The minimum atomic E-state index is 0.775. The number of hydrogen-bond donors (Lipinski definition) is 0. The Morgan fingerprint density at radius 3 is 2.07 bits per heavy atom. The van der Waals surface area contributed by atoms with Crippen molar-refractivity contribution in [2.75, 3.05) is 6.26 Å². The van der Waals surface area contributed by atoms with Crippen LogP contribution in [0.5, 0.6) is 0 Å². The van der Waals surface area contributed by atoms with E-state index in [0.29, 0.717) is 0 Å². The third-order valence-electron chi connectivity index (χ3n) is 5.28. The number of fused-ring (bicyclic) bond motifs is 1. The van der Waals surface area contributed by atoms with Crippen molar-refractivity contribution in [3.63, 3.8) is 0 Å². The summed E-state index contributed by atoms with van der Waals surface area (Å²) in [6, 6.07) is 29.7. The monoisotopic (exact) mass is 407 g/mol. The normalized spacial score (nSPS) is 11.1. The van der Waals surface area contributed by atoms with Crippen LogP contribution in [0, 0.1) is 6.92 Å².